The van der Waals surface area contributed by atoms with E-state index >= 15 is 0 Å². The number of rotatable bonds is 5. The molecule has 0 bridgehead atoms. The third-order valence-corrected chi connectivity index (χ3v) is 1.44. The van der Waals surface area contributed by atoms with Crippen molar-refractivity contribution in [3.8, 4) is 0 Å². The van der Waals surface area contributed by atoms with E-state index in [0.29, 0.717) is 6.42 Å². The van der Waals surface area contributed by atoms with E-state index in [4.69, 9.17) is 16.1 Å². The van der Waals surface area contributed by atoms with Crippen LogP contribution in [0.3, 0.4) is 0 Å². The second-order valence-corrected chi connectivity index (χ2v) is 2.32. The SMILES string of the molecule is CCC(CC(N)C(=O)O)OO. The number of hydrogen-bond donors (Lipinski definition) is 3. The highest BCUT2D eigenvalue weighted by Crippen LogP contribution is 2.03. The van der Waals surface area contributed by atoms with Gasteiger partial charge in [0.15, 0.2) is 0 Å². The summed E-state index contributed by atoms with van der Waals surface area (Å²) in [5.74, 6) is -1.08. The molecule has 0 aromatic rings. The molecule has 0 aromatic carbocycles. The van der Waals surface area contributed by atoms with Crippen molar-refractivity contribution in [2.24, 2.45) is 5.73 Å². The van der Waals surface area contributed by atoms with Gasteiger partial charge in [-0.25, -0.2) is 4.89 Å². The van der Waals surface area contributed by atoms with Crippen molar-refractivity contribution >= 4 is 5.97 Å². The molecule has 11 heavy (non-hydrogen) atoms. The molecule has 0 aliphatic carbocycles. The smallest absolute Gasteiger partial charge is 0.320 e. The second kappa shape index (κ2) is 5.06. The number of carbonyl (C=O) groups is 1. The molecule has 0 aliphatic heterocycles. The molecule has 0 spiro atoms. The van der Waals surface area contributed by atoms with Crippen molar-refractivity contribution in [3.05, 3.63) is 0 Å². The van der Waals surface area contributed by atoms with Gasteiger partial charge >= 0.3 is 5.97 Å². The van der Waals surface area contributed by atoms with Crippen molar-refractivity contribution < 1.29 is 20.0 Å². The quantitative estimate of drug-likeness (QED) is 0.393. The van der Waals surface area contributed by atoms with Crippen LogP contribution in [0, 0.1) is 0 Å². The summed E-state index contributed by atoms with van der Waals surface area (Å²) in [5, 5.41) is 16.6. The van der Waals surface area contributed by atoms with Gasteiger partial charge in [-0.3, -0.25) is 10.1 Å². The lowest BCUT2D eigenvalue weighted by Gasteiger charge is -2.12. The summed E-state index contributed by atoms with van der Waals surface area (Å²) in [6.07, 6.45) is 0.181. The Morgan fingerprint density at radius 1 is 1.73 bits per heavy atom. The van der Waals surface area contributed by atoms with E-state index in [1.54, 1.807) is 6.92 Å². The standard InChI is InChI=1S/C6H13NO4/c1-2-4(11-10)3-5(7)6(8)9/h4-5,10H,2-3,7H2,1H3,(H,8,9). The van der Waals surface area contributed by atoms with Gasteiger partial charge in [0, 0.05) is 6.42 Å². The Hall–Kier alpha value is -0.650. The molecular weight excluding hydrogens is 150 g/mol. The van der Waals surface area contributed by atoms with E-state index in [1.165, 1.54) is 0 Å². The number of nitrogens with two attached hydrogens (primary N) is 1. The van der Waals surface area contributed by atoms with Crippen molar-refractivity contribution in [1.82, 2.24) is 0 Å². The predicted octanol–water partition coefficient (Wildman–Crippen LogP) is 0.0566. The minimum absolute atomic E-state index is 0.127. The van der Waals surface area contributed by atoms with Gasteiger partial charge in [0.2, 0.25) is 0 Å². The maximum atomic E-state index is 10.2. The van der Waals surface area contributed by atoms with Crippen LogP contribution in [0.15, 0.2) is 0 Å². The summed E-state index contributed by atoms with van der Waals surface area (Å²) in [7, 11) is 0. The molecule has 4 N–H and O–H groups in total. The lowest BCUT2D eigenvalue weighted by molar-refractivity contribution is -0.280. The monoisotopic (exact) mass is 163 g/mol. The maximum Gasteiger partial charge on any atom is 0.320 e. The fourth-order valence-electron chi connectivity index (χ4n) is 0.668. The summed E-state index contributed by atoms with van der Waals surface area (Å²) in [6.45, 7) is 1.77. The molecule has 2 atom stereocenters. The van der Waals surface area contributed by atoms with Gasteiger partial charge in [-0.2, -0.15) is 0 Å². The van der Waals surface area contributed by atoms with Gasteiger partial charge in [0.1, 0.15) is 6.04 Å². The number of carboxylic acids is 1. The van der Waals surface area contributed by atoms with Crippen molar-refractivity contribution in [3.63, 3.8) is 0 Å². The fourth-order valence-corrected chi connectivity index (χ4v) is 0.668. The third kappa shape index (κ3) is 3.92. The van der Waals surface area contributed by atoms with Crippen LogP contribution < -0.4 is 5.73 Å². The van der Waals surface area contributed by atoms with E-state index in [1.807, 2.05) is 0 Å². The van der Waals surface area contributed by atoms with Crippen LogP contribution in [0.2, 0.25) is 0 Å². The zero-order chi connectivity index (χ0) is 8.85. The van der Waals surface area contributed by atoms with E-state index < -0.39 is 18.1 Å². The topological polar surface area (TPSA) is 92.8 Å². The maximum absolute atomic E-state index is 10.2. The first-order chi connectivity index (χ1) is 5.11. The van der Waals surface area contributed by atoms with Gasteiger partial charge in [0.05, 0.1) is 6.10 Å². The molecule has 0 saturated heterocycles. The fraction of sp³-hybridized carbons (Fsp3) is 0.833. The van der Waals surface area contributed by atoms with Crippen LogP contribution in [0.4, 0.5) is 0 Å². The van der Waals surface area contributed by atoms with Gasteiger partial charge < -0.3 is 10.8 Å². The van der Waals surface area contributed by atoms with Gasteiger partial charge in [-0.1, -0.05) is 6.92 Å². The van der Waals surface area contributed by atoms with Crippen molar-refractivity contribution in [2.45, 2.75) is 31.9 Å². The zero-order valence-electron chi connectivity index (χ0n) is 6.36. The summed E-state index contributed by atoms with van der Waals surface area (Å²) in [4.78, 5) is 14.2. The molecule has 0 aromatic heterocycles. The average molecular weight is 163 g/mol. The molecule has 0 aliphatic rings. The Balaban J connectivity index is 3.71. The van der Waals surface area contributed by atoms with E-state index in [0.717, 1.165) is 0 Å². The van der Waals surface area contributed by atoms with Crippen LogP contribution in [0.1, 0.15) is 19.8 Å². The van der Waals surface area contributed by atoms with Crippen LogP contribution in [0.5, 0.6) is 0 Å². The summed E-state index contributed by atoms with van der Waals surface area (Å²) in [6, 6.07) is -0.966. The average Bonchev–Trinajstić information content (AvgIpc) is 1.99. The number of aliphatic carboxylic acids is 1. The zero-order valence-corrected chi connectivity index (χ0v) is 6.36. The molecule has 0 heterocycles. The molecule has 2 unspecified atom stereocenters. The van der Waals surface area contributed by atoms with Crippen LogP contribution in [-0.2, 0) is 9.68 Å². The Kier molecular flexibility index (Phi) is 4.76. The highest BCUT2D eigenvalue weighted by atomic mass is 17.1. The summed E-state index contributed by atoms with van der Waals surface area (Å²) >= 11 is 0. The minimum Gasteiger partial charge on any atom is -0.480 e. The van der Waals surface area contributed by atoms with Crippen LogP contribution >= 0.6 is 0 Å². The van der Waals surface area contributed by atoms with E-state index in [2.05, 4.69) is 4.89 Å². The molecule has 0 radical (unpaired) electrons. The number of hydrogen-bond acceptors (Lipinski definition) is 4. The largest absolute Gasteiger partial charge is 0.480 e. The Labute approximate surface area is 64.7 Å². The van der Waals surface area contributed by atoms with E-state index in [-0.39, 0.29) is 6.42 Å². The molecular formula is C6H13NO4. The summed E-state index contributed by atoms with van der Waals surface area (Å²) in [5.41, 5.74) is 5.18. The van der Waals surface area contributed by atoms with Gasteiger partial charge in [0.25, 0.3) is 0 Å². The Morgan fingerprint density at radius 2 is 2.27 bits per heavy atom. The van der Waals surface area contributed by atoms with Crippen LogP contribution in [0.25, 0.3) is 0 Å². The third-order valence-electron chi connectivity index (χ3n) is 1.44. The van der Waals surface area contributed by atoms with Gasteiger partial charge in [-0.15, -0.1) is 0 Å². The molecule has 0 fully saturated rings. The molecule has 5 nitrogen and oxygen atoms in total. The number of carboxylic acid groups (broad SMARTS) is 1. The lowest BCUT2D eigenvalue weighted by Crippen LogP contribution is -2.34. The molecule has 0 rings (SSSR count). The second-order valence-electron chi connectivity index (χ2n) is 2.32. The molecule has 0 amide bonds. The van der Waals surface area contributed by atoms with E-state index in [9.17, 15) is 4.79 Å². The highest BCUT2D eigenvalue weighted by molar-refractivity contribution is 5.73. The normalized spacial score (nSPS) is 15.9. The molecule has 5 heteroatoms. The highest BCUT2D eigenvalue weighted by Gasteiger charge is 2.17. The Bertz CT molecular complexity index is 124. The van der Waals surface area contributed by atoms with Gasteiger partial charge in [-0.05, 0) is 6.42 Å². The van der Waals surface area contributed by atoms with Crippen LogP contribution in [-0.4, -0.2) is 28.5 Å². The first-order valence-electron chi connectivity index (χ1n) is 3.40. The van der Waals surface area contributed by atoms with Crippen molar-refractivity contribution in [1.29, 1.82) is 0 Å². The molecule has 0 saturated carbocycles. The first-order valence-corrected chi connectivity index (χ1v) is 3.40. The minimum atomic E-state index is -1.08. The molecule has 66 valence electrons. The first kappa shape index (κ1) is 10.3. The lowest BCUT2D eigenvalue weighted by atomic mass is 10.1. The summed E-state index contributed by atoms with van der Waals surface area (Å²) < 4.78 is 0. The Morgan fingerprint density at radius 3 is 2.55 bits per heavy atom. The predicted molar refractivity (Wildman–Crippen MR) is 38.0 cm³/mol. The van der Waals surface area contributed by atoms with Crippen molar-refractivity contribution in [2.75, 3.05) is 0 Å².